The van der Waals surface area contributed by atoms with Crippen LogP contribution in [0, 0.1) is 33.5 Å². The molecular formula is C24H23ClFN5OS. The molecule has 0 aliphatic heterocycles. The minimum absolute atomic E-state index is 0.0929. The zero-order valence-electron chi connectivity index (χ0n) is 18.7. The Labute approximate surface area is 200 Å². The van der Waals surface area contributed by atoms with Crippen LogP contribution >= 0.6 is 23.4 Å². The number of halogens is 2. The van der Waals surface area contributed by atoms with Gasteiger partial charge in [-0.15, -0.1) is 5.10 Å². The number of thioether (sulfide) groups is 1. The van der Waals surface area contributed by atoms with Crippen LogP contribution in [0.3, 0.4) is 0 Å². The third-order valence-corrected chi connectivity index (χ3v) is 6.36. The summed E-state index contributed by atoms with van der Waals surface area (Å²) in [5.74, 6) is 0.0895. The molecule has 6 nitrogen and oxygen atoms in total. The lowest BCUT2D eigenvalue weighted by Gasteiger charge is -2.10. The van der Waals surface area contributed by atoms with E-state index in [9.17, 15) is 9.18 Å². The average Bonchev–Trinajstić information content (AvgIpc) is 3.14. The summed E-state index contributed by atoms with van der Waals surface area (Å²) in [6.07, 6.45) is 0.543. The zero-order valence-corrected chi connectivity index (χ0v) is 20.3. The summed E-state index contributed by atoms with van der Waals surface area (Å²) in [7, 11) is 0. The number of fused-ring (bicyclic) bond motifs is 1. The van der Waals surface area contributed by atoms with E-state index in [4.69, 9.17) is 11.6 Å². The Hall–Kier alpha value is -2.97. The number of amides is 1. The van der Waals surface area contributed by atoms with Gasteiger partial charge in [-0.2, -0.15) is 4.98 Å². The molecule has 2 aromatic heterocycles. The van der Waals surface area contributed by atoms with E-state index in [1.165, 1.54) is 17.8 Å². The highest BCUT2D eigenvalue weighted by atomic mass is 35.5. The molecular weight excluding hydrogens is 461 g/mol. The number of benzene rings is 2. The summed E-state index contributed by atoms with van der Waals surface area (Å²) >= 11 is 7.19. The third kappa shape index (κ3) is 5.34. The standard InChI is InChI=1S/C24H23ClFN5OS/c1-13-7-14(2)9-18(8-13)28-22(32)12-33-24-29-23-27-15(3)19(16(4)31(23)30-24)10-17-5-6-21(26)20(25)11-17/h5-9,11H,10,12H2,1-4H3,(H,28,32). The zero-order chi connectivity index (χ0) is 23.7. The van der Waals surface area contributed by atoms with Gasteiger partial charge in [0, 0.05) is 23.5 Å². The van der Waals surface area contributed by atoms with E-state index in [1.54, 1.807) is 16.6 Å². The van der Waals surface area contributed by atoms with Gasteiger partial charge in [0.1, 0.15) is 5.82 Å². The fraction of sp³-hybridized carbons (Fsp3) is 0.250. The van der Waals surface area contributed by atoms with E-state index in [0.29, 0.717) is 17.4 Å². The summed E-state index contributed by atoms with van der Waals surface area (Å²) in [5.41, 5.74) is 6.52. The third-order valence-electron chi connectivity index (χ3n) is 5.23. The molecule has 2 heterocycles. The van der Waals surface area contributed by atoms with Crippen LogP contribution in [-0.4, -0.2) is 31.2 Å². The molecule has 9 heteroatoms. The van der Waals surface area contributed by atoms with Crippen molar-refractivity contribution in [1.82, 2.24) is 19.6 Å². The molecule has 2 aromatic carbocycles. The Balaban J connectivity index is 1.50. The van der Waals surface area contributed by atoms with Gasteiger partial charge in [0.15, 0.2) is 0 Å². The first-order chi connectivity index (χ1) is 15.7. The lowest BCUT2D eigenvalue weighted by Crippen LogP contribution is -2.14. The molecule has 0 saturated carbocycles. The molecule has 0 spiro atoms. The smallest absolute Gasteiger partial charge is 0.253 e. The molecule has 0 atom stereocenters. The molecule has 0 radical (unpaired) electrons. The van der Waals surface area contributed by atoms with E-state index in [1.807, 2.05) is 39.8 Å². The molecule has 4 aromatic rings. The van der Waals surface area contributed by atoms with Crippen molar-refractivity contribution in [2.75, 3.05) is 11.1 Å². The largest absolute Gasteiger partial charge is 0.325 e. The van der Waals surface area contributed by atoms with Crippen LogP contribution in [-0.2, 0) is 11.2 Å². The van der Waals surface area contributed by atoms with Crippen LogP contribution in [0.25, 0.3) is 5.78 Å². The molecule has 0 saturated heterocycles. The fourth-order valence-electron chi connectivity index (χ4n) is 3.73. The molecule has 0 unspecified atom stereocenters. The number of rotatable bonds is 6. The number of anilines is 1. The van der Waals surface area contributed by atoms with Gasteiger partial charge < -0.3 is 5.32 Å². The lowest BCUT2D eigenvalue weighted by atomic mass is 10.0. The number of nitrogens with zero attached hydrogens (tertiary/aromatic N) is 4. The minimum Gasteiger partial charge on any atom is -0.325 e. The first kappa shape index (κ1) is 23.2. The van der Waals surface area contributed by atoms with Crippen LogP contribution in [0.1, 0.15) is 33.6 Å². The van der Waals surface area contributed by atoms with Crippen molar-refractivity contribution in [3.05, 3.63) is 80.9 Å². The minimum atomic E-state index is -0.443. The Morgan fingerprint density at radius 2 is 1.82 bits per heavy atom. The topological polar surface area (TPSA) is 72.2 Å². The van der Waals surface area contributed by atoms with E-state index in [2.05, 4.69) is 26.4 Å². The highest BCUT2D eigenvalue weighted by Gasteiger charge is 2.16. The number of hydrogen-bond donors (Lipinski definition) is 1. The van der Waals surface area contributed by atoms with Gasteiger partial charge in [0.2, 0.25) is 11.1 Å². The summed E-state index contributed by atoms with van der Waals surface area (Å²) < 4.78 is 15.2. The van der Waals surface area contributed by atoms with Crippen molar-refractivity contribution in [2.24, 2.45) is 0 Å². The van der Waals surface area contributed by atoms with Gasteiger partial charge >= 0.3 is 0 Å². The highest BCUT2D eigenvalue weighted by molar-refractivity contribution is 7.99. The second-order valence-electron chi connectivity index (χ2n) is 8.01. The highest BCUT2D eigenvalue weighted by Crippen LogP contribution is 2.23. The summed E-state index contributed by atoms with van der Waals surface area (Å²) in [6.45, 7) is 7.84. The molecule has 0 aliphatic carbocycles. The number of carbonyl (C=O) groups is 1. The van der Waals surface area contributed by atoms with Gasteiger partial charge in [-0.3, -0.25) is 4.79 Å². The first-order valence-electron chi connectivity index (χ1n) is 10.4. The Morgan fingerprint density at radius 1 is 1.09 bits per heavy atom. The fourth-order valence-corrected chi connectivity index (χ4v) is 4.56. The quantitative estimate of drug-likeness (QED) is 0.368. The van der Waals surface area contributed by atoms with Crippen molar-refractivity contribution in [3.63, 3.8) is 0 Å². The molecule has 1 amide bonds. The van der Waals surface area contributed by atoms with Crippen molar-refractivity contribution < 1.29 is 9.18 Å². The maximum atomic E-state index is 13.5. The van der Waals surface area contributed by atoms with Crippen molar-refractivity contribution in [2.45, 2.75) is 39.3 Å². The Bertz CT molecular complexity index is 1350. The van der Waals surface area contributed by atoms with Gasteiger partial charge in [0.05, 0.1) is 10.8 Å². The molecule has 1 N–H and O–H groups in total. The van der Waals surface area contributed by atoms with E-state index < -0.39 is 5.82 Å². The maximum Gasteiger partial charge on any atom is 0.253 e. The lowest BCUT2D eigenvalue weighted by molar-refractivity contribution is -0.113. The molecule has 0 bridgehead atoms. The number of aromatic nitrogens is 4. The summed E-state index contributed by atoms with van der Waals surface area (Å²) in [4.78, 5) is 21.5. The Kier molecular flexibility index (Phi) is 6.67. The molecule has 4 rings (SSSR count). The van der Waals surface area contributed by atoms with Crippen LogP contribution in [0.4, 0.5) is 10.1 Å². The van der Waals surface area contributed by atoms with E-state index in [0.717, 1.165) is 39.3 Å². The number of carbonyl (C=O) groups excluding carboxylic acids is 1. The monoisotopic (exact) mass is 483 g/mol. The second kappa shape index (κ2) is 9.49. The van der Waals surface area contributed by atoms with Crippen LogP contribution < -0.4 is 5.32 Å². The SMILES string of the molecule is Cc1cc(C)cc(NC(=O)CSc2nc3nc(C)c(Cc4ccc(F)c(Cl)c4)c(C)n3n2)c1. The molecule has 0 fully saturated rings. The van der Waals surface area contributed by atoms with Crippen molar-refractivity contribution in [3.8, 4) is 0 Å². The maximum absolute atomic E-state index is 13.5. The van der Waals surface area contributed by atoms with Crippen molar-refractivity contribution >= 4 is 40.7 Å². The molecule has 33 heavy (non-hydrogen) atoms. The normalized spacial score (nSPS) is 11.2. The predicted octanol–water partition coefficient (Wildman–Crippen LogP) is 5.47. The van der Waals surface area contributed by atoms with Crippen LogP contribution in [0.5, 0.6) is 0 Å². The molecule has 0 aliphatic rings. The van der Waals surface area contributed by atoms with Crippen molar-refractivity contribution in [1.29, 1.82) is 0 Å². The predicted molar refractivity (Wildman–Crippen MR) is 130 cm³/mol. The van der Waals surface area contributed by atoms with Crippen LogP contribution in [0.2, 0.25) is 5.02 Å². The number of aryl methyl sites for hydroxylation is 4. The van der Waals surface area contributed by atoms with Gasteiger partial charge in [-0.25, -0.2) is 13.9 Å². The number of nitrogens with one attached hydrogen (secondary N) is 1. The van der Waals surface area contributed by atoms with Gasteiger partial charge in [0.25, 0.3) is 5.78 Å². The Morgan fingerprint density at radius 3 is 2.52 bits per heavy atom. The number of hydrogen-bond acceptors (Lipinski definition) is 5. The van der Waals surface area contributed by atoms with Crippen LogP contribution in [0.15, 0.2) is 41.6 Å². The van der Waals surface area contributed by atoms with E-state index >= 15 is 0 Å². The van der Waals surface area contributed by atoms with E-state index in [-0.39, 0.29) is 16.7 Å². The average molecular weight is 484 g/mol. The second-order valence-corrected chi connectivity index (χ2v) is 9.36. The summed E-state index contributed by atoms with van der Waals surface area (Å²) in [6, 6.07) is 10.6. The first-order valence-corrected chi connectivity index (χ1v) is 11.7. The molecule has 170 valence electrons. The van der Waals surface area contributed by atoms with Gasteiger partial charge in [-0.1, -0.05) is 35.5 Å². The van der Waals surface area contributed by atoms with Gasteiger partial charge in [-0.05, 0) is 74.2 Å². The summed E-state index contributed by atoms with van der Waals surface area (Å²) in [5, 5.41) is 8.02.